The molecule has 0 unspecified atom stereocenters. The third-order valence-corrected chi connectivity index (χ3v) is 13.2. The monoisotopic (exact) mass is 576 g/mol. The summed E-state index contributed by atoms with van der Waals surface area (Å²) in [7, 11) is 0. The molecular weight excluding hydrogens is 528 g/mol. The smallest absolute Gasteiger partial charge is 0.186 e. The van der Waals surface area contributed by atoms with E-state index >= 15 is 0 Å². The zero-order valence-corrected chi connectivity index (χ0v) is 24.6. The van der Waals surface area contributed by atoms with E-state index in [4.69, 9.17) is 18.9 Å². The average molecular weight is 577 g/mol. The maximum atomic E-state index is 12.6. The summed E-state index contributed by atoms with van der Waals surface area (Å²) in [4.78, 5) is 0. The molecule has 1 spiro atoms. The quantitative estimate of drug-likeness (QED) is 0.313. The number of hydrogen-bond donors (Lipinski definition) is 5. The molecule has 4 aliphatic carbocycles. The average Bonchev–Trinajstić information content (AvgIpc) is 3.29. The molecule has 7 rings (SSSR count). The first-order chi connectivity index (χ1) is 19.3. The number of hydrogen-bond acceptors (Lipinski definition) is 9. The van der Waals surface area contributed by atoms with Crippen molar-refractivity contribution in [2.45, 2.75) is 126 Å². The van der Waals surface area contributed by atoms with Crippen molar-refractivity contribution in [2.75, 3.05) is 13.2 Å². The fourth-order valence-corrected chi connectivity index (χ4v) is 10.7. The number of ether oxygens (including phenoxy) is 4. The van der Waals surface area contributed by atoms with E-state index in [0.29, 0.717) is 25.4 Å². The van der Waals surface area contributed by atoms with E-state index < -0.39 is 53.6 Å². The van der Waals surface area contributed by atoms with Gasteiger partial charge in [-0.05, 0) is 56.3 Å². The number of aliphatic hydroxyl groups is 5. The van der Waals surface area contributed by atoms with Crippen LogP contribution in [0.25, 0.3) is 0 Å². The Morgan fingerprint density at radius 2 is 1.83 bits per heavy atom. The van der Waals surface area contributed by atoms with Crippen LogP contribution in [0.2, 0.25) is 0 Å². The van der Waals surface area contributed by atoms with Gasteiger partial charge in [-0.25, -0.2) is 0 Å². The van der Waals surface area contributed by atoms with Crippen molar-refractivity contribution in [1.29, 1.82) is 0 Å². The first kappa shape index (κ1) is 28.9. The summed E-state index contributed by atoms with van der Waals surface area (Å²) < 4.78 is 25.1. The van der Waals surface area contributed by atoms with E-state index in [1.807, 2.05) is 0 Å². The molecule has 0 aromatic rings. The lowest BCUT2D eigenvalue weighted by Crippen LogP contribution is -2.62. The van der Waals surface area contributed by atoms with Crippen molar-refractivity contribution >= 4 is 0 Å². The Bertz CT molecular complexity index is 1100. The predicted molar refractivity (Wildman–Crippen MR) is 147 cm³/mol. The van der Waals surface area contributed by atoms with Gasteiger partial charge in [0.25, 0.3) is 0 Å². The summed E-state index contributed by atoms with van der Waals surface area (Å²) in [5.74, 6) is -0.0889. The zero-order chi connectivity index (χ0) is 29.1. The molecule has 9 heteroatoms. The van der Waals surface area contributed by atoms with E-state index in [1.54, 1.807) is 0 Å². The van der Waals surface area contributed by atoms with Crippen molar-refractivity contribution < 1.29 is 44.5 Å². The molecule has 0 aromatic heterocycles. The molecule has 0 bridgehead atoms. The fourth-order valence-electron chi connectivity index (χ4n) is 10.7. The molecule has 6 fully saturated rings. The van der Waals surface area contributed by atoms with E-state index in [1.165, 1.54) is 5.57 Å². The molecule has 41 heavy (non-hydrogen) atoms. The second-order valence-corrected chi connectivity index (χ2v) is 14.8. The fraction of sp³-hybridized carbons (Fsp3) is 0.875. The predicted octanol–water partition coefficient (Wildman–Crippen LogP) is 2.18. The summed E-state index contributed by atoms with van der Waals surface area (Å²) in [6.45, 7) is 11.1. The standard InChI is InChI=1S/C32H48O9/c1-16-7-10-31(39-14-16)17(2)32(37)25(41-31)13-22-20-6-5-18-11-19(33)12-24(30(18,4)21(20)8-9-29(22,32)3)40-28-27(36)26(35)23(34)15-38-28/h5,17,19-28,33-37H,1,6-15H2,2-4H3/t17-,19+,20-,21+,22-,23+,24+,25-,26-,27+,28-,29+,30-,31+,32-/m0/s1. The van der Waals surface area contributed by atoms with Gasteiger partial charge in [-0.2, -0.15) is 0 Å². The molecular formula is C32H48O9. The van der Waals surface area contributed by atoms with Crippen molar-refractivity contribution in [2.24, 2.45) is 34.5 Å². The number of fused-ring (bicyclic) bond motifs is 7. The Hall–Kier alpha value is -0.880. The maximum Gasteiger partial charge on any atom is 0.186 e. The third-order valence-electron chi connectivity index (χ3n) is 13.2. The highest BCUT2D eigenvalue weighted by Crippen LogP contribution is 2.72. The number of allylic oxidation sites excluding steroid dienone is 1. The Labute approximate surface area is 242 Å². The highest BCUT2D eigenvalue weighted by Gasteiger charge is 2.76. The number of rotatable bonds is 2. The molecule has 3 saturated heterocycles. The van der Waals surface area contributed by atoms with Gasteiger partial charge in [0.05, 0.1) is 31.5 Å². The van der Waals surface area contributed by atoms with Crippen LogP contribution in [0.1, 0.15) is 72.1 Å². The Kier molecular flexibility index (Phi) is 6.73. The summed E-state index contributed by atoms with van der Waals surface area (Å²) in [5, 5.41) is 54.3. The first-order valence-electron chi connectivity index (χ1n) is 15.7. The van der Waals surface area contributed by atoms with Crippen molar-refractivity contribution in [1.82, 2.24) is 0 Å². The second-order valence-electron chi connectivity index (χ2n) is 14.8. The normalized spacial score (nSPS) is 58.4. The summed E-state index contributed by atoms with van der Waals surface area (Å²) >= 11 is 0. The van der Waals surface area contributed by atoms with Gasteiger partial charge >= 0.3 is 0 Å². The van der Waals surface area contributed by atoms with Crippen molar-refractivity contribution in [3.63, 3.8) is 0 Å². The molecule has 9 nitrogen and oxygen atoms in total. The van der Waals surface area contributed by atoms with Gasteiger partial charge in [-0.1, -0.05) is 44.6 Å². The zero-order valence-electron chi connectivity index (χ0n) is 24.6. The number of aliphatic hydroxyl groups excluding tert-OH is 4. The van der Waals surface area contributed by atoms with Crippen LogP contribution in [0.3, 0.4) is 0 Å². The maximum absolute atomic E-state index is 12.6. The Balaban J connectivity index is 1.17. The van der Waals surface area contributed by atoms with E-state index in [2.05, 4.69) is 33.4 Å². The minimum Gasteiger partial charge on any atom is -0.393 e. The van der Waals surface area contributed by atoms with Crippen LogP contribution in [-0.4, -0.2) is 93.0 Å². The lowest BCUT2D eigenvalue weighted by molar-refractivity contribution is -0.300. The van der Waals surface area contributed by atoms with Gasteiger partial charge in [0.1, 0.15) is 23.9 Å². The molecule has 5 N–H and O–H groups in total. The highest BCUT2D eigenvalue weighted by molar-refractivity contribution is 5.30. The first-order valence-corrected chi connectivity index (χ1v) is 15.7. The van der Waals surface area contributed by atoms with Gasteiger partial charge in [-0.15, -0.1) is 0 Å². The Morgan fingerprint density at radius 1 is 1.05 bits per heavy atom. The molecule has 7 aliphatic rings. The molecule has 0 amide bonds. The minimum absolute atomic E-state index is 0.123. The van der Waals surface area contributed by atoms with Gasteiger partial charge in [0, 0.05) is 29.6 Å². The molecule has 3 saturated carbocycles. The van der Waals surface area contributed by atoms with Crippen LogP contribution < -0.4 is 0 Å². The lowest BCUT2D eigenvalue weighted by Gasteiger charge is -2.61. The second kappa shape index (κ2) is 9.56. The van der Waals surface area contributed by atoms with Gasteiger partial charge in [-0.3, -0.25) is 0 Å². The largest absolute Gasteiger partial charge is 0.393 e. The van der Waals surface area contributed by atoms with Crippen LogP contribution in [-0.2, 0) is 18.9 Å². The summed E-state index contributed by atoms with van der Waals surface area (Å²) in [6.07, 6.45) is 2.05. The molecule has 3 heterocycles. The summed E-state index contributed by atoms with van der Waals surface area (Å²) in [6, 6.07) is 0. The van der Waals surface area contributed by atoms with E-state index in [-0.39, 0.29) is 35.9 Å². The van der Waals surface area contributed by atoms with Crippen LogP contribution in [0, 0.1) is 34.5 Å². The van der Waals surface area contributed by atoms with E-state index in [9.17, 15) is 25.5 Å². The summed E-state index contributed by atoms with van der Waals surface area (Å²) in [5.41, 5.74) is 0.558. The molecule has 15 atom stereocenters. The van der Waals surface area contributed by atoms with Crippen LogP contribution in [0.4, 0.5) is 0 Å². The SMILES string of the molecule is C=C1CC[C@@]2(OC1)O[C@H]1C[C@H]3[C@H]4CC=C5C[C@@H](O)C[C@@H](O[C@@H]6OC[C@@H](O)[C@H](O)[C@H]6O)[C@]5(C)[C@@H]4CC[C@@]3(C)[C@]1(O)[C@H]2C. The molecule has 3 aliphatic heterocycles. The Morgan fingerprint density at radius 3 is 2.56 bits per heavy atom. The van der Waals surface area contributed by atoms with Gasteiger partial charge in [0.2, 0.25) is 0 Å². The van der Waals surface area contributed by atoms with Crippen LogP contribution >= 0.6 is 0 Å². The lowest BCUT2D eigenvalue weighted by atomic mass is 9.45. The minimum atomic E-state index is -1.38. The molecule has 0 aromatic carbocycles. The topological polar surface area (TPSA) is 138 Å². The molecule has 230 valence electrons. The highest BCUT2D eigenvalue weighted by atomic mass is 16.7. The van der Waals surface area contributed by atoms with Crippen LogP contribution in [0.15, 0.2) is 23.8 Å². The van der Waals surface area contributed by atoms with Crippen molar-refractivity contribution in [3.05, 3.63) is 23.8 Å². The molecule has 0 radical (unpaired) electrons. The van der Waals surface area contributed by atoms with E-state index in [0.717, 1.165) is 44.1 Å². The van der Waals surface area contributed by atoms with Gasteiger partial charge in [0.15, 0.2) is 12.1 Å². The van der Waals surface area contributed by atoms with Crippen LogP contribution in [0.5, 0.6) is 0 Å². The van der Waals surface area contributed by atoms with Crippen molar-refractivity contribution in [3.8, 4) is 0 Å². The van der Waals surface area contributed by atoms with Gasteiger partial charge < -0.3 is 44.5 Å². The third kappa shape index (κ3) is 3.80.